The molecular weight excluding hydrogens is 307 g/mol. The number of hydrogen-bond acceptors (Lipinski definition) is 6. The van der Waals surface area contributed by atoms with Gasteiger partial charge in [-0.3, -0.25) is 20.1 Å². The molecule has 0 saturated carbocycles. The molecule has 0 saturated heterocycles. The molecular formula is C8H19N2NaO10. The van der Waals surface area contributed by atoms with E-state index in [1.165, 1.54) is 0 Å². The van der Waals surface area contributed by atoms with E-state index >= 15 is 0 Å². The van der Waals surface area contributed by atoms with Crippen molar-refractivity contribution < 1.29 is 50.1 Å². The molecule has 0 aromatic rings. The topological polar surface area (TPSA) is 242 Å². The number of primary amides is 2. The van der Waals surface area contributed by atoms with E-state index in [-0.39, 0.29) is 42.4 Å². The Morgan fingerprint density at radius 3 is 0.952 bits per heavy atom. The number of rotatable bonds is 5. The van der Waals surface area contributed by atoms with Crippen LogP contribution in [0.2, 0.25) is 0 Å². The summed E-state index contributed by atoms with van der Waals surface area (Å²) in [7, 11) is 0. The Hall–Kier alpha value is -1.60. The monoisotopic (exact) mass is 326 g/mol. The van der Waals surface area contributed by atoms with Crippen LogP contribution in [0.5, 0.6) is 0 Å². The second-order valence-electron chi connectivity index (χ2n) is 2.68. The van der Waals surface area contributed by atoms with Crippen molar-refractivity contribution in [3.63, 3.8) is 0 Å². The molecule has 0 unspecified atom stereocenters. The molecule has 0 aliphatic carbocycles. The van der Waals surface area contributed by atoms with Gasteiger partial charge in [0.15, 0.2) is 0 Å². The Bertz CT molecular complexity index is 250. The summed E-state index contributed by atoms with van der Waals surface area (Å²) in [6.45, 7) is 0. The van der Waals surface area contributed by atoms with E-state index in [2.05, 4.69) is 11.5 Å². The number of carboxylic acids is 2. The van der Waals surface area contributed by atoms with Crippen LogP contribution in [0, 0.1) is 0 Å². The van der Waals surface area contributed by atoms with Crippen molar-refractivity contribution in [3.05, 3.63) is 0 Å². The van der Waals surface area contributed by atoms with Crippen LogP contribution in [-0.2, 0) is 9.59 Å². The predicted molar refractivity (Wildman–Crippen MR) is 70.6 cm³/mol. The zero-order chi connectivity index (χ0) is 17.1. The first kappa shape index (κ1) is 31.7. The summed E-state index contributed by atoms with van der Waals surface area (Å²) in [5, 5.41) is 42.2. The molecule has 10 N–H and O–H groups in total. The molecule has 13 heteroatoms. The van der Waals surface area contributed by atoms with E-state index in [4.69, 9.17) is 40.5 Å². The predicted octanol–water partition coefficient (Wildman–Crippen LogP) is -0.669. The number of hydrogen-bond donors (Lipinski definition) is 8. The summed E-state index contributed by atoms with van der Waals surface area (Å²) in [5.74, 6) is -1.74. The summed E-state index contributed by atoms with van der Waals surface area (Å²) in [6, 6.07) is -0.833. The van der Waals surface area contributed by atoms with Gasteiger partial charge in [-0.15, -0.1) is 0 Å². The normalized spacial score (nSPS) is 6.95. The summed E-state index contributed by atoms with van der Waals surface area (Å²) in [4.78, 5) is 37.3. The van der Waals surface area contributed by atoms with Crippen LogP contribution in [-0.4, -0.2) is 84.6 Å². The van der Waals surface area contributed by atoms with Crippen molar-refractivity contribution in [3.8, 4) is 0 Å². The van der Waals surface area contributed by atoms with Gasteiger partial charge in [0.2, 0.25) is 0 Å². The van der Waals surface area contributed by atoms with Gasteiger partial charge in [0, 0.05) is 12.8 Å². The van der Waals surface area contributed by atoms with Gasteiger partial charge in [0.1, 0.15) is 0 Å². The molecule has 0 spiro atoms. The summed E-state index contributed by atoms with van der Waals surface area (Å²) in [5.41, 5.74) is 8.50. The van der Waals surface area contributed by atoms with E-state index in [0.717, 1.165) is 0 Å². The van der Waals surface area contributed by atoms with Crippen LogP contribution >= 0.6 is 0 Å². The standard InChI is InChI=1S/C6H10O4.CH4N2O.CH2O3.Na.H2O2.H/c7-5(8)3-1-2-4-6(9)10;2*2-1(3)4;;1-2;/h1-4H2,(H,7,8)(H,9,10);(H4,2,3,4);(H2,2,3,4);;1-2H;. The molecule has 12 nitrogen and oxygen atoms in total. The van der Waals surface area contributed by atoms with Crippen molar-refractivity contribution in [1.29, 1.82) is 0 Å². The zero-order valence-electron chi connectivity index (χ0n) is 10.3. The van der Waals surface area contributed by atoms with Crippen LogP contribution in [0.1, 0.15) is 25.7 Å². The molecule has 2 amide bonds. The fourth-order valence-corrected chi connectivity index (χ4v) is 0.552. The van der Waals surface area contributed by atoms with Crippen LogP contribution in [0.3, 0.4) is 0 Å². The Kier molecular flexibility index (Phi) is 40.5. The van der Waals surface area contributed by atoms with Gasteiger partial charge in [-0.1, -0.05) is 0 Å². The molecule has 0 bridgehead atoms. The van der Waals surface area contributed by atoms with Gasteiger partial charge in [-0.25, -0.2) is 9.59 Å². The first-order valence-corrected chi connectivity index (χ1v) is 4.70. The number of carbonyl (C=O) groups excluding carboxylic acids is 1. The van der Waals surface area contributed by atoms with E-state index in [9.17, 15) is 9.59 Å². The van der Waals surface area contributed by atoms with Gasteiger partial charge in [-0.05, 0) is 12.8 Å². The van der Waals surface area contributed by atoms with Gasteiger partial charge < -0.3 is 31.9 Å². The Morgan fingerprint density at radius 2 is 0.857 bits per heavy atom. The van der Waals surface area contributed by atoms with Crippen molar-refractivity contribution in [2.75, 3.05) is 0 Å². The van der Waals surface area contributed by atoms with E-state index in [0.29, 0.717) is 12.8 Å². The van der Waals surface area contributed by atoms with Crippen LogP contribution < -0.4 is 11.5 Å². The van der Waals surface area contributed by atoms with E-state index in [1.807, 2.05) is 0 Å². The molecule has 0 rings (SSSR count). The number of carboxylic acid groups (broad SMARTS) is 4. The average Bonchev–Trinajstić information content (AvgIpc) is 2.25. The third-order valence-electron chi connectivity index (χ3n) is 1.03. The summed E-state index contributed by atoms with van der Waals surface area (Å²) >= 11 is 0. The van der Waals surface area contributed by atoms with Gasteiger partial charge in [-0.2, -0.15) is 0 Å². The van der Waals surface area contributed by atoms with Crippen LogP contribution in [0.25, 0.3) is 0 Å². The van der Waals surface area contributed by atoms with Crippen LogP contribution in [0.4, 0.5) is 9.59 Å². The van der Waals surface area contributed by atoms with Crippen molar-refractivity contribution >= 4 is 53.7 Å². The quantitative estimate of drug-likeness (QED) is 0.137. The summed E-state index contributed by atoms with van der Waals surface area (Å²) in [6.07, 6.45) is -0.816. The number of carbonyl (C=O) groups is 4. The second kappa shape index (κ2) is 26.9. The Balaban J connectivity index is -0.0000000653. The molecule has 0 radical (unpaired) electrons. The SMILES string of the molecule is NC(N)=O.O=C(O)CCCCC(=O)O.O=C(O)O.OO.[NaH]. The number of aliphatic carboxylic acids is 2. The van der Waals surface area contributed by atoms with E-state index in [1.54, 1.807) is 0 Å². The number of nitrogens with two attached hydrogens (primary N) is 2. The molecule has 0 atom stereocenters. The molecule has 0 aromatic heterocycles. The summed E-state index contributed by atoms with van der Waals surface area (Å²) < 4.78 is 0. The number of urea groups is 1. The maximum atomic E-state index is 9.90. The van der Waals surface area contributed by atoms with E-state index < -0.39 is 24.1 Å². The van der Waals surface area contributed by atoms with Crippen LogP contribution in [0.15, 0.2) is 0 Å². The molecule has 0 heterocycles. The molecule has 0 fully saturated rings. The zero-order valence-corrected chi connectivity index (χ0v) is 10.3. The third kappa shape index (κ3) is 170. The Morgan fingerprint density at radius 1 is 0.714 bits per heavy atom. The fraction of sp³-hybridized carbons (Fsp3) is 0.500. The molecule has 0 aromatic carbocycles. The third-order valence-corrected chi connectivity index (χ3v) is 1.03. The first-order valence-electron chi connectivity index (χ1n) is 4.70. The molecule has 0 aliphatic rings. The van der Waals surface area contributed by atoms with Gasteiger partial charge in [0.25, 0.3) is 0 Å². The fourth-order valence-electron chi connectivity index (χ4n) is 0.552. The number of amides is 2. The molecule has 21 heavy (non-hydrogen) atoms. The van der Waals surface area contributed by atoms with Gasteiger partial charge in [0.05, 0.1) is 0 Å². The Labute approximate surface area is 141 Å². The molecule has 0 aliphatic heterocycles. The minimum atomic E-state index is -1.83. The number of unbranched alkanes of at least 4 members (excludes halogenated alkanes) is 1. The van der Waals surface area contributed by atoms with Crippen molar-refractivity contribution in [2.24, 2.45) is 11.5 Å². The van der Waals surface area contributed by atoms with Crippen molar-refractivity contribution in [1.82, 2.24) is 0 Å². The average molecular weight is 326 g/mol. The van der Waals surface area contributed by atoms with Crippen molar-refractivity contribution in [2.45, 2.75) is 25.7 Å². The maximum absolute atomic E-state index is 9.90. The van der Waals surface area contributed by atoms with Gasteiger partial charge >= 0.3 is 53.7 Å². The minimum absolute atomic E-state index is 0. The second-order valence-corrected chi connectivity index (χ2v) is 2.68. The first-order chi connectivity index (χ1) is 9.09. The molecule has 122 valence electrons.